The maximum atomic E-state index is 5.83. The van der Waals surface area contributed by atoms with Gasteiger partial charge < -0.3 is 24.8 Å². The van der Waals surface area contributed by atoms with Crippen LogP contribution in [0.2, 0.25) is 0 Å². The Labute approximate surface area is 149 Å². The highest BCUT2D eigenvalue weighted by atomic mass is 127. The lowest BCUT2D eigenvalue weighted by molar-refractivity contribution is 0.203. The molecule has 1 aromatic rings. The lowest BCUT2D eigenvalue weighted by Crippen LogP contribution is -2.42. The third kappa shape index (κ3) is 8.28. The predicted molar refractivity (Wildman–Crippen MR) is 99.7 cm³/mol. The zero-order chi connectivity index (χ0) is 15.5. The van der Waals surface area contributed by atoms with Crippen LogP contribution in [0.1, 0.15) is 6.92 Å². The van der Waals surface area contributed by atoms with E-state index in [4.69, 9.17) is 14.2 Å². The molecule has 0 amide bonds. The SMILES string of the molecule is CN=C(NCCOC)NCC(C)Oc1cccc(OC)c1.I. The van der Waals surface area contributed by atoms with Crippen LogP contribution in [0.5, 0.6) is 11.5 Å². The number of benzene rings is 1. The zero-order valence-electron chi connectivity index (χ0n) is 13.6. The second kappa shape index (κ2) is 12.3. The summed E-state index contributed by atoms with van der Waals surface area (Å²) in [6.07, 6.45) is -0.00178. The first-order valence-corrected chi connectivity index (χ1v) is 6.93. The van der Waals surface area contributed by atoms with Gasteiger partial charge in [0.1, 0.15) is 17.6 Å². The number of guanidine groups is 1. The third-order valence-corrected chi connectivity index (χ3v) is 2.76. The van der Waals surface area contributed by atoms with Crippen LogP contribution in [0.3, 0.4) is 0 Å². The van der Waals surface area contributed by atoms with Gasteiger partial charge in [-0.2, -0.15) is 0 Å². The average Bonchev–Trinajstić information content (AvgIpc) is 2.51. The summed E-state index contributed by atoms with van der Waals surface area (Å²) < 4.78 is 16.0. The number of hydrogen-bond donors (Lipinski definition) is 2. The molecule has 0 fully saturated rings. The summed E-state index contributed by atoms with van der Waals surface area (Å²) in [5.74, 6) is 2.30. The van der Waals surface area contributed by atoms with Crippen LogP contribution in [0, 0.1) is 0 Å². The van der Waals surface area contributed by atoms with Crippen LogP contribution >= 0.6 is 24.0 Å². The zero-order valence-corrected chi connectivity index (χ0v) is 15.9. The van der Waals surface area contributed by atoms with Crippen molar-refractivity contribution in [2.75, 3.05) is 41.0 Å². The summed E-state index contributed by atoms with van der Waals surface area (Å²) in [7, 11) is 5.04. The van der Waals surface area contributed by atoms with Crippen LogP contribution in [-0.4, -0.2) is 53.0 Å². The second-order valence-corrected chi connectivity index (χ2v) is 4.48. The maximum Gasteiger partial charge on any atom is 0.191 e. The summed E-state index contributed by atoms with van der Waals surface area (Å²) >= 11 is 0. The number of methoxy groups -OCH3 is 2. The number of ether oxygens (including phenoxy) is 3. The highest BCUT2D eigenvalue weighted by Crippen LogP contribution is 2.19. The lowest BCUT2D eigenvalue weighted by atomic mass is 10.3. The average molecular weight is 423 g/mol. The van der Waals surface area contributed by atoms with Crippen molar-refractivity contribution in [3.63, 3.8) is 0 Å². The Morgan fingerprint density at radius 1 is 1.23 bits per heavy atom. The van der Waals surface area contributed by atoms with E-state index in [9.17, 15) is 0 Å². The normalized spacial score (nSPS) is 12.1. The first-order valence-electron chi connectivity index (χ1n) is 6.93. The summed E-state index contributed by atoms with van der Waals surface area (Å²) in [4.78, 5) is 4.13. The van der Waals surface area contributed by atoms with Crippen LogP contribution in [0.15, 0.2) is 29.3 Å². The van der Waals surface area contributed by atoms with Crippen molar-refractivity contribution in [1.29, 1.82) is 0 Å². The Morgan fingerprint density at radius 3 is 2.59 bits per heavy atom. The number of nitrogens with zero attached hydrogens (tertiary/aromatic N) is 1. The maximum absolute atomic E-state index is 5.83. The fourth-order valence-corrected chi connectivity index (χ4v) is 1.68. The number of nitrogens with one attached hydrogen (secondary N) is 2. The van der Waals surface area contributed by atoms with Crippen molar-refractivity contribution < 1.29 is 14.2 Å². The molecule has 0 aliphatic heterocycles. The van der Waals surface area contributed by atoms with Gasteiger partial charge in [0.2, 0.25) is 0 Å². The lowest BCUT2D eigenvalue weighted by Gasteiger charge is -2.18. The van der Waals surface area contributed by atoms with Gasteiger partial charge >= 0.3 is 0 Å². The minimum atomic E-state index is -0.00178. The molecule has 0 aromatic heterocycles. The molecule has 0 aliphatic rings. The molecule has 7 heteroatoms. The molecule has 0 saturated heterocycles. The molecular weight excluding hydrogens is 397 g/mol. The van der Waals surface area contributed by atoms with Gasteiger partial charge in [-0.05, 0) is 19.1 Å². The highest BCUT2D eigenvalue weighted by Gasteiger charge is 2.06. The Morgan fingerprint density at radius 2 is 1.95 bits per heavy atom. The molecule has 0 spiro atoms. The van der Waals surface area contributed by atoms with Crippen molar-refractivity contribution in [2.24, 2.45) is 4.99 Å². The topological polar surface area (TPSA) is 64.1 Å². The fourth-order valence-electron chi connectivity index (χ4n) is 1.68. The van der Waals surface area contributed by atoms with Gasteiger partial charge in [-0.25, -0.2) is 0 Å². The minimum absolute atomic E-state index is 0. The quantitative estimate of drug-likeness (QED) is 0.290. The molecule has 2 N–H and O–H groups in total. The Bertz CT molecular complexity index is 444. The van der Waals surface area contributed by atoms with Gasteiger partial charge in [0.25, 0.3) is 0 Å². The molecule has 0 saturated carbocycles. The smallest absolute Gasteiger partial charge is 0.191 e. The monoisotopic (exact) mass is 423 g/mol. The minimum Gasteiger partial charge on any atom is -0.497 e. The van der Waals surface area contributed by atoms with E-state index < -0.39 is 0 Å². The second-order valence-electron chi connectivity index (χ2n) is 4.48. The van der Waals surface area contributed by atoms with Crippen molar-refractivity contribution in [2.45, 2.75) is 13.0 Å². The van der Waals surface area contributed by atoms with Gasteiger partial charge in [-0.15, -0.1) is 24.0 Å². The van der Waals surface area contributed by atoms with Crippen molar-refractivity contribution in [3.05, 3.63) is 24.3 Å². The van der Waals surface area contributed by atoms with Gasteiger partial charge in [-0.3, -0.25) is 4.99 Å². The van der Waals surface area contributed by atoms with Gasteiger partial charge in [-0.1, -0.05) is 6.07 Å². The van der Waals surface area contributed by atoms with Crippen LogP contribution in [-0.2, 0) is 4.74 Å². The van der Waals surface area contributed by atoms with Gasteiger partial charge in [0.15, 0.2) is 5.96 Å². The van der Waals surface area contributed by atoms with E-state index in [1.165, 1.54) is 0 Å². The number of hydrogen-bond acceptors (Lipinski definition) is 4. The van der Waals surface area contributed by atoms with E-state index in [-0.39, 0.29) is 30.1 Å². The van der Waals surface area contributed by atoms with E-state index in [1.807, 2.05) is 31.2 Å². The van der Waals surface area contributed by atoms with Crippen LogP contribution in [0.25, 0.3) is 0 Å². The largest absolute Gasteiger partial charge is 0.497 e. The molecule has 0 heterocycles. The third-order valence-electron chi connectivity index (χ3n) is 2.76. The van der Waals surface area contributed by atoms with Crippen LogP contribution < -0.4 is 20.1 Å². The number of aliphatic imine (C=N–C) groups is 1. The Balaban J connectivity index is 0.00000441. The fraction of sp³-hybridized carbons (Fsp3) is 0.533. The van der Waals surface area contributed by atoms with E-state index in [0.29, 0.717) is 19.7 Å². The van der Waals surface area contributed by atoms with E-state index >= 15 is 0 Å². The highest BCUT2D eigenvalue weighted by molar-refractivity contribution is 14.0. The standard InChI is InChI=1S/C15H25N3O3.HI/c1-12(11-18-15(16-2)17-8-9-19-3)21-14-7-5-6-13(10-14)20-4;/h5-7,10,12H,8-9,11H2,1-4H3,(H2,16,17,18);1H. The molecule has 126 valence electrons. The predicted octanol–water partition coefficient (Wildman–Crippen LogP) is 1.89. The molecule has 0 bridgehead atoms. The molecule has 1 aromatic carbocycles. The first kappa shape index (κ1) is 20.8. The summed E-state index contributed by atoms with van der Waals surface area (Å²) in [5, 5.41) is 6.35. The first-order chi connectivity index (χ1) is 10.2. The molecule has 1 unspecified atom stereocenters. The van der Waals surface area contributed by atoms with Crippen molar-refractivity contribution in [3.8, 4) is 11.5 Å². The van der Waals surface area contributed by atoms with Gasteiger partial charge in [0.05, 0.1) is 20.3 Å². The number of halogens is 1. The van der Waals surface area contributed by atoms with Crippen LogP contribution in [0.4, 0.5) is 0 Å². The Hall–Kier alpha value is -1.22. The summed E-state index contributed by atoms with van der Waals surface area (Å²) in [6, 6.07) is 7.56. The molecule has 1 atom stereocenters. The van der Waals surface area contributed by atoms with Gasteiger partial charge in [0, 0.05) is 26.8 Å². The van der Waals surface area contributed by atoms with E-state index in [2.05, 4.69) is 15.6 Å². The molecule has 0 aliphatic carbocycles. The van der Waals surface area contributed by atoms with Crippen molar-refractivity contribution >= 4 is 29.9 Å². The molecule has 22 heavy (non-hydrogen) atoms. The summed E-state index contributed by atoms with van der Waals surface area (Å²) in [5.41, 5.74) is 0. The number of rotatable bonds is 8. The Kier molecular flexibility index (Phi) is 11.7. The molecule has 0 radical (unpaired) electrons. The van der Waals surface area contributed by atoms with Crippen molar-refractivity contribution in [1.82, 2.24) is 10.6 Å². The molecule has 1 rings (SSSR count). The molecular formula is C15H26IN3O3. The van der Waals surface area contributed by atoms with E-state index in [0.717, 1.165) is 17.5 Å². The molecule has 6 nitrogen and oxygen atoms in total. The summed E-state index contributed by atoms with van der Waals surface area (Å²) in [6.45, 7) is 3.98. The van der Waals surface area contributed by atoms with E-state index in [1.54, 1.807) is 21.3 Å².